The van der Waals surface area contributed by atoms with Crippen LogP contribution >= 0.6 is 24.0 Å². The minimum absolute atomic E-state index is 0. The van der Waals surface area contributed by atoms with Gasteiger partial charge in [0.1, 0.15) is 0 Å². The van der Waals surface area contributed by atoms with E-state index in [-0.39, 0.29) is 12.4 Å². The normalized spacial score (nSPS) is 8.90. The van der Waals surface area contributed by atoms with Gasteiger partial charge in [-0.1, -0.05) is 0 Å². The molecule has 10 heavy (non-hydrogen) atoms. The molecule has 0 aliphatic rings. The summed E-state index contributed by atoms with van der Waals surface area (Å²) in [6.07, 6.45) is 5.53. The summed E-state index contributed by atoms with van der Waals surface area (Å²) in [7, 11) is 0. The molecule has 58 valence electrons. The van der Waals surface area contributed by atoms with E-state index < -0.39 is 0 Å². The number of hydrogen-bond acceptors (Lipinski definition) is 1. The number of alkyl halides is 1. The minimum Gasteiger partial charge on any atom is -0.348 e. The molecule has 0 aliphatic heterocycles. The molecular weight excluding hydrogens is 171 g/mol. The molecule has 0 amide bonds. The van der Waals surface area contributed by atoms with Crippen molar-refractivity contribution in [3.63, 3.8) is 0 Å². The molecule has 0 aromatic carbocycles. The van der Waals surface area contributed by atoms with Crippen LogP contribution in [0.4, 0.5) is 0 Å². The molecule has 0 radical (unpaired) electrons. The predicted molar refractivity (Wildman–Crippen MR) is 44.9 cm³/mol. The summed E-state index contributed by atoms with van der Waals surface area (Å²) in [5, 5.41) is 0. The molecule has 0 saturated heterocycles. The Balaban J connectivity index is 0.000000810. The Hall–Kier alpha value is -0.210. The second-order valence-electron chi connectivity index (χ2n) is 1.87. The van der Waals surface area contributed by atoms with E-state index >= 15 is 0 Å². The molecule has 0 spiro atoms. The van der Waals surface area contributed by atoms with Crippen molar-refractivity contribution < 1.29 is 0 Å². The van der Waals surface area contributed by atoms with Crippen LogP contribution in [0.25, 0.3) is 0 Å². The number of nitrogens with zero attached hydrogens (tertiary/aromatic N) is 1. The van der Waals surface area contributed by atoms with Gasteiger partial charge in [0.15, 0.2) is 0 Å². The van der Waals surface area contributed by atoms with Gasteiger partial charge in [-0.05, 0) is 12.8 Å². The fourth-order valence-corrected chi connectivity index (χ4v) is 0.812. The standard InChI is InChI=1S/C6H9ClN2.ClH/c7-3-1-2-6-4-8-5-9-6;/h4-5H,1-3H2,(H,8,9);1H. The Kier molecular flexibility index (Phi) is 5.45. The Morgan fingerprint density at radius 3 is 2.90 bits per heavy atom. The third kappa shape index (κ3) is 3.08. The SMILES string of the molecule is Cl.ClCCCc1cnc[nH]1. The van der Waals surface area contributed by atoms with Crippen molar-refractivity contribution in [1.82, 2.24) is 9.97 Å². The second-order valence-corrected chi connectivity index (χ2v) is 2.25. The zero-order valence-corrected chi connectivity index (χ0v) is 7.08. The summed E-state index contributed by atoms with van der Waals surface area (Å²) in [6.45, 7) is 0. The van der Waals surface area contributed by atoms with E-state index in [4.69, 9.17) is 11.6 Å². The fraction of sp³-hybridized carbons (Fsp3) is 0.500. The number of imidazole rings is 1. The third-order valence-electron chi connectivity index (χ3n) is 1.13. The molecule has 1 heterocycles. The largest absolute Gasteiger partial charge is 0.348 e. The molecule has 0 fully saturated rings. The average Bonchev–Trinajstić information content (AvgIpc) is 2.34. The number of halogens is 2. The molecule has 0 unspecified atom stereocenters. The van der Waals surface area contributed by atoms with Gasteiger partial charge in [-0.15, -0.1) is 24.0 Å². The van der Waals surface area contributed by atoms with E-state index in [9.17, 15) is 0 Å². The lowest BCUT2D eigenvalue weighted by Gasteiger charge is -1.89. The summed E-state index contributed by atoms with van der Waals surface area (Å²) < 4.78 is 0. The predicted octanol–water partition coefficient (Wildman–Crippen LogP) is 2.00. The lowest BCUT2D eigenvalue weighted by atomic mass is 10.3. The Morgan fingerprint density at radius 2 is 2.40 bits per heavy atom. The van der Waals surface area contributed by atoms with Crippen molar-refractivity contribution in [3.8, 4) is 0 Å². The van der Waals surface area contributed by atoms with Crippen molar-refractivity contribution in [2.24, 2.45) is 0 Å². The lowest BCUT2D eigenvalue weighted by Crippen LogP contribution is -1.84. The highest BCUT2D eigenvalue weighted by Crippen LogP contribution is 1.96. The number of aromatic amines is 1. The van der Waals surface area contributed by atoms with Crippen LogP contribution < -0.4 is 0 Å². The maximum absolute atomic E-state index is 5.48. The first-order valence-corrected chi connectivity index (χ1v) is 3.50. The number of aromatic nitrogens is 2. The fourth-order valence-electron chi connectivity index (χ4n) is 0.679. The zero-order chi connectivity index (χ0) is 6.53. The monoisotopic (exact) mass is 180 g/mol. The molecule has 0 atom stereocenters. The molecule has 4 heteroatoms. The zero-order valence-electron chi connectivity index (χ0n) is 5.51. The van der Waals surface area contributed by atoms with E-state index in [2.05, 4.69) is 9.97 Å². The average molecular weight is 181 g/mol. The van der Waals surface area contributed by atoms with Gasteiger partial charge in [0.05, 0.1) is 6.33 Å². The first-order valence-electron chi connectivity index (χ1n) is 2.96. The van der Waals surface area contributed by atoms with E-state index in [0.717, 1.165) is 24.4 Å². The molecule has 1 aromatic rings. The van der Waals surface area contributed by atoms with E-state index in [1.54, 1.807) is 6.33 Å². The first-order chi connectivity index (χ1) is 4.43. The number of H-pyrrole nitrogens is 1. The van der Waals surface area contributed by atoms with E-state index in [1.807, 2.05) is 6.20 Å². The van der Waals surface area contributed by atoms with Crippen LogP contribution in [0.3, 0.4) is 0 Å². The highest BCUT2D eigenvalue weighted by molar-refractivity contribution is 6.17. The van der Waals surface area contributed by atoms with Gasteiger partial charge >= 0.3 is 0 Å². The summed E-state index contributed by atoms with van der Waals surface area (Å²) in [5.74, 6) is 0.721. The van der Waals surface area contributed by atoms with Gasteiger partial charge in [-0.25, -0.2) is 4.98 Å². The Labute approximate surface area is 71.4 Å². The number of nitrogens with one attached hydrogen (secondary N) is 1. The summed E-state index contributed by atoms with van der Waals surface area (Å²) >= 11 is 5.48. The summed E-state index contributed by atoms with van der Waals surface area (Å²) in [5.41, 5.74) is 1.16. The topological polar surface area (TPSA) is 28.7 Å². The van der Waals surface area contributed by atoms with Gasteiger partial charge in [0, 0.05) is 17.8 Å². The molecule has 0 aliphatic carbocycles. The highest BCUT2D eigenvalue weighted by Gasteiger charge is 1.90. The molecule has 1 aromatic heterocycles. The van der Waals surface area contributed by atoms with Crippen molar-refractivity contribution in [2.75, 3.05) is 5.88 Å². The van der Waals surface area contributed by atoms with E-state index in [1.165, 1.54) is 0 Å². The quantitative estimate of drug-likeness (QED) is 0.709. The smallest absolute Gasteiger partial charge is 0.0921 e. The van der Waals surface area contributed by atoms with Crippen LogP contribution in [-0.4, -0.2) is 15.8 Å². The van der Waals surface area contributed by atoms with Crippen LogP contribution in [-0.2, 0) is 6.42 Å². The molecule has 2 nitrogen and oxygen atoms in total. The maximum Gasteiger partial charge on any atom is 0.0921 e. The van der Waals surface area contributed by atoms with Crippen molar-refractivity contribution in [3.05, 3.63) is 18.2 Å². The van der Waals surface area contributed by atoms with Crippen LogP contribution in [0.5, 0.6) is 0 Å². The Bertz CT molecular complexity index is 151. The third-order valence-corrected chi connectivity index (χ3v) is 1.40. The van der Waals surface area contributed by atoms with E-state index in [0.29, 0.717) is 0 Å². The number of rotatable bonds is 3. The Morgan fingerprint density at radius 1 is 1.60 bits per heavy atom. The van der Waals surface area contributed by atoms with Crippen LogP contribution in [0, 0.1) is 0 Å². The van der Waals surface area contributed by atoms with Gasteiger partial charge in [-0.2, -0.15) is 0 Å². The lowest BCUT2D eigenvalue weighted by molar-refractivity contribution is 0.898. The summed E-state index contributed by atoms with van der Waals surface area (Å²) in [6, 6.07) is 0. The van der Waals surface area contributed by atoms with Gasteiger partial charge < -0.3 is 4.98 Å². The van der Waals surface area contributed by atoms with Crippen LogP contribution in [0.2, 0.25) is 0 Å². The minimum atomic E-state index is 0. The molecular formula is C6H10Cl2N2. The van der Waals surface area contributed by atoms with Crippen molar-refractivity contribution in [1.29, 1.82) is 0 Å². The molecule has 0 saturated carbocycles. The van der Waals surface area contributed by atoms with Gasteiger partial charge in [0.2, 0.25) is 0 Å². The van der Waals surface area contributed by atoms with Gasteiger partial charge in [-0.3, -0.25) is 0 Å². The highest BCUT2D eigenvalue weighted by atomic mass is 35.5. The van der Waals surface area contributed by atoms with Crippen molar-refractivity contribution >= 4 is 24.0 Å². The van der Waals surface area contributed by atoms with Gasteiger partial charge in [0.25, 0.3) is 0 Å². The van der Waals surface area contributed by atoms with Crippen molar-refractivity contribution in [2.45, 2.75) is 12.8 Å². The number of aryl methyl sites for hydroxylation is 1. The molecule has 1 N–H and O–H groups in total. The second kappa shape index (κ2) is 5.57. The molecule has 0 bridgehead atoms. The number of hydrogen-bond donors (Lipinski definition) is 1. The molecule has 1 rings (SSSR count). The van der Waals surface area contributed by atoms with Crippen LogP contribution in [0.1, 0.15) is 12.1 Å². The summed E-state index contributed by atoms with van der Waals surface area (Å²) in [4.78, 5) is 6.88. The first kappa shape index (κ1) is 9.79. The maximum atomic E-state index is 5.48. The van der Waals surface area contributed by atoms with Crippen LogP contribution in [0.15, 0.2) is 12.5 Å².